The van der Waals surface area contributed by atoms with Gasteiger partial charge in [-0.05, 0) is 52.0 Å². The lowest BCUT2D eigenvalue weighted by Crippen LogP contribution is -2.28. The highest BCUT2D eigenvalue weighted by atomic mass is 16.5. The number of aliphatic imine (C=N–C) groups is 1. The number of anilines is 1. The molecule has 4 rings (SSSR count). The van der Waals surface area contributed by atoms with Crippen LogP contribution in [-0.2, 0) is 4.74 Å². The highest BCUT2D eigenvalue weighted by molar-refractivity contribution is 5.99. The molecule has 2 aromatic rings. The fraction of sp³-hybridized carbons (Fsp3) is 0.524. The number of hydrogen-bond acceptors (Lipinski definition) is 6. The summed E-state index contributed by atoms with van der Waals surface area (Å²) in [7, 11) is 0. The Bertz CT molecular complexity index is 864. The molecule has 4 heterocycles. The first kappa shape index (κ1) is 18.8. The van der Waals surface area contributed by atoms with Crippen LogP contribution in [-0.4, -0.2) is 50.5 Å². The number of allylic oxidation sites excluding steroid dienone is 1. The maximum Gasteiger partial charge on any atom is 0.223 e. The molecule has 148 valence electrons. The van der Waals surface area contributed by atoms with Crippen molar-refractivity contribution in [2.24, 2.45) is 4.99 Å². The van der Waals surface area contributed by atoms with Crippen molar-refractivity contribution in [3.63, 3.8) is 0 Å². The van der Waals surface area contributed by atoms with Gasteiger partial charge < -0.3 is 10.1 Å². The molecule has 2 aliphatic rings. The highest BCUT2D eigenvalue weighted by Gasteiger charge is 2.19. The molecule has 7 nitrogen and oxygen atoms in total. The van der Waals surface area contributed by atoms with E-state index in [1.54, 1.807) is 6.20 Å². The number of nitrogens with one attached hydrogen (secondary N) is 1. The Kier molecular flexibility index (Phi) is 5.81. The quantitative estimate of drug-likeness (QED) is 0.873. The first-order valence-corrected chi connectivity index (χ1v) is 10.2. The minimum atomic E-state index is 0.251. The van der Waals surface area contributed by atoms with Gasteiger partial charge in [-0.25, -0.2) is 15.0 Å². The Morgan fingerprint density at radius 2 is 2.11 bits per heavy atom. The summed E-state index contributed by atoms with van der Waals surface area (Å²) >= 11 is 0. The zero-order chi connectivity index (χ0) is 19.3. The van der Waals surface area contributed by atoms with E-state index in [0.29, 0.717) is 12.0 Å². The second kappa shape index (κ2) is 8.65. The average Bonchev–Trinajstić information content (AvgIpc) is 3.09. The molecule has 2 aliphatic heterocycles. The minimum Gasteiger partial charge on any atom is -0.381 e. The van der Waals surface area contributed by atoms with E-state index < -0.39 is 0 Å². The van der Waals surface area contributed by atoms with Crippen LogP contribution in [0.3, 0.4) is 0 Å². The number of imidazole rings is 1. The van der Waals surface area contributed by atoms with Crippen LogP contribution < -0.4 is 5.32 Å². The molecule has 0 saturated carbocycles. The lowest BCUT2D eigenvalue weighted by molar-refractivity contribution is 0.0903. The average molecular weight is 380 g/mol. The van der Waals surface area contributed by atoms with E-state index in [1.807, 2.05) is 12.3 Å². The lowest BCUT2D eigenvalue weighted by atomic mass is 10.1. The molecule has 1 N–H and O–H groups in total. The van der Waals surface area contributed by atoms with E-state index in [1.165, 1.54) is 0 Å². The molecule has 0 aromatic carbocycles. The first-order valence-electron chi connectivity index (χ1n) is 10.2. The standard InChI is InChI=1S/C21H28N6O/c1-15(2)24-18-6-4-3-5-11-27-19(14-23-20(18)27)17-7-10-22-21(26-17)25-16-8-12-28-13-9-16/h5,7,10-11,14-16H,3-4,6,8-9,12-13H2,1-2H3,(H,22,25,26)/b11-5-,24-18?. The molecule has 0 atom stereocenters. The summed E-state index contributed by atoms with van der Waals surface area (Å²) in [5.74, 6) is 1.57. The Balaban J connectivity index is 1.66. The molecular formula is C21H28N6O. The van der Waals surface area contributed by atoms with Gasteiger partial charge >= 0.3 is 0 Å². The van der Waals surface area contributed by atoms with E-state index in [0.717, 1.165) is 68.2 Å². The van der Waals surface area contributed by atoms with Crippen LogP contribution in [0.1, 0.15) is 51.8 Å². The first-order chi connectivity index (χ1) is 13.7. The van der Waals surface area contributed by atoms with E-state index in [4.69, 9.17) is 19.7 Å². The molecular weight excluding hydrogens is 352 g/mol. The number of nitrogens with zero attached hydrogens (tertiary/aromatic N) is 5. The second-order valence-corrected chi connectivity index (χ2v) is 7.58. The van der Waals surface area contributed by atoms with Gasteiger partial charge in [-0.2, -0.15) is 0 Å². The monoisotopic (exact) mass is 380 g/mol. The Morgan fingerprint density at radius 1 is 1.25 bits per heavy atom. The molecule has 28 heavy (non-hydrogen) atoms. The van der Waals surface area contributed by atoms with Crippen molar-refractivity contribution in [2.75, 3.05) is 18.5 Å². The zero-order valence-corrected chi connectivity index (χ0v) is 16.6. The van der Waals surface area contributed by atoms with Crippen molar-refractivity contribution >= 4 is 17.9 Å². The van der Waals surface area contributed by atoms with Crippen LogP contribution in [0.4, 0.5) is 5.95 Å². The van der Waals surface area contributed by atoms with E-state index >= 15 is 0 Å². The van der Waals surface area contributed by atoms with Crippen LogP contribution in [0, 0.1) is 0 Å². The van der Waals surface area contributed by atoms with Crippen LogP contribution in [0.15, 0.2) is 29.5 Å². The lowest BCUT2D eigenvalue weighted by Gasteiger charge is -2.23. The molecule has 2 aromatic heterocycles. The van der Waals surface area contributed by atoms with Crippen molar-refractivity contribution in [2.45, 2.75) is 58.0 Å². The molecule has 0 unspecified atom stereocenters. The van der Waals surface area contributed by atoms with Gasteiger partial charge in [-0.3, -0.25) is 9.56 Å². The van der Waals surface area contributed by atoms with Crippen LogP contribution in [0.25, 0.3) is 17.6 Å². The third-order valence-electron chi connectivity index (χ3n) is 4.98. The molecule has 1 fully saturated rings. The number of aromatic nitrogens is 4. The summed E-state index contributed by atoms with van der Waals surface area (Å²) in [5.41, 5.74) is 2.89. The summed E-state index contributed by atoms with van der Waals surface area (Å²) < 4.78 is 7.54. The molecule has 0 radical (unpaired) electrons. The maximum absolute atomic E-state index is 5.43. The Hall–Kier alpha value is -2.54. The summed E-state index contributed by atoms with van der Waals surface area (Å²) in [4.78, 5) is 18.7. The Morgan fingerprint density at radius 3 is 2.93 bits per heavy atom. The van der Waals surface area contributed by atoms with Crippen LogP contribution in [0.2, 0.25) is 0 Å². The summed E-state index contributed by atoms with van der Waals surface area (Å²) in [6.45, 7) is 5.79. The summed E-state index contributed by atoms with van der Waals surface area (Å²) in [5, 5.41) is 3.45. The predicted octanol–water partition coefficient (Wildman–Crippen LogP) is 3.78. The SMILES string of the molecule is CC(C)N=C1CCC/C=C\n2c(-c3ccnc(NC4CCOCC4)n3)cnc21. The molecule has 0 spiro atoms. The summed E-state index contributed by atoms with van der Waals surface area (Å²) in [6.07, 6.45) is 13.0. The highest BCUT2D eigenvalue weighted by Crippen LogP contribution is 2.24. The van der Waals surface area contributed by atoms with Crippen LogP contribution in [0.5, 0.6) is 0 Å². The predicted molar refractivity (Wildman–Crippen MR) is 112 cm³/mol. The number of ether oxygens (including phenoxy) is 1. The van der Waals surface area contributed by atoms with Crippen molar-refractivity contribution in [3.05, 3.63) is 30.4 Å². The van der Waals surface area contributed by atoms with E-state index in [9.17, 15) is 0 Å². The second-order valence-electron chi connectivity index (χ2n) is 7.58. The maximum atomic E-state index is 5.43. The molecule has 0 amide bonds. The van der Waals surface area contributed by atoms with Crippen molar-refractivity contribution < 1.29 is 4.74 Å². The third kappa shape index (κ3) is 4.30. The number of hydrogen-bond donors (Lipinski definition) is 1. The van der Waals surface area contributed by atoms with Gasteiger partial charge in [0.05, 0.1) is 23.3 Å². The van der Waals surface area contributed by atoms with Gasteiger partial charge in [-0.1, -0.05) is 6.08 Å². The minimum absolute atomic E-state index is 0.251. The van der Waals surface area contributed by atoms with Gasteiger partial charge in [-0.15, -0.1) is 0 Å². The van der Waals surface area contributed by atoms with Gasteiger partial charge in [0.1, 0.15) is 0 Å². The summed E-state index contributed by atoms with van der Waals surface area (Å²) in [6, 6.07) is 2.55. The largest absolute Gasteiger partial charge is 0.381 e. The van der Waals surface area contributed by atoms with Gasteiger partial charge in [0.15, 0.2) is 5.82 Å². The van der Waals surface area contributed by atoms with Gasteiger partial charge in [0.2, 0.25) is 5.95 Å². The van der Waals surface area contributed by atoms with Gasteiger partial charge in [0, 0.05) is 37.7 Å². The fourth-order valence-corrected chi connectivity index (χ4v) is 3.62. The topological polar surface area (TPSA) is 77.2 Å². The third-order valence-corrected chi connectivity index (χ3v) is 4.98. The van der Waals surface area contributed by atoms with Crippen molar-refractivity contribution in [1.29, 1.82) is 0 Å². The molecule has 0 bridgehead atoms. The molecule has 0 aliphatic carbocycles. The Labute approximate surface area is 166 Å². The van der Waals surface area contributed by atoms with E-state index in [-0.39, 0.29) is 6.04 Å². The van der Waals surface area contributed by atoms with Gasteiger partial charge in [0.25, 0.3) is 0 Å². The number of rotatable bonds is 4. The molecule has 7 heteroatoms. The van der Waals surface area contributed by atoms with E-state index in [2.05, 4.69) is 41.0 Å². The van der Waals surface area contributed by atoms with Crippen LogP contribution >= 0.6 is 0 Å². The molecule has 1 saturated heterocycles. The van der Waals surface area contributed by atoms with Crippen molar-refractivity contribution in [1.82, 2.24) is 19.5 Å². The fourth-order valence-electron chi connectivity index (χ4n) is 3.62. The smallest absolute Gasteiger partial charge is 0.223 e. The number of fused-ring (bicyclic) bond motifs is 1. The zero-order valence-electron chi connectivity index (χ0n) is 16.6. The normalized spacial score (nSPS) is 20.6. The van der Waals surface area contributed by atoms with Crippen molar-refractivity contribution in [3.8, 4) is 11.4 Å².